The molecule has 2 aromatic carbocycles. The molecule has 0 unspecified atom stereocenters. The van der Waals surface area contributed by atoms with Gasteiger partial charge in [0, 0.05) is 24.2 Å². The largest absolute Gasteiger partial charge is 0.507 e. The number of aromatic hydroxyl groups is 1. The van der Waals surface area contributed by atoms with Crippen LogP contribution < -0.4 is 4.90 Å². The predicted molar refractivity (Wildman–Crippen MR) is 134 cm³/mol. The summed E-state index contributed by atoms with van der Waals surface area (Å²) >= 11 is 0. The van der Waals surface area contributed by atoms with E-state index in [0.29, 0.717) is 34.8 Å². The molecule has 2 aliphatic rings. The molecule has 0 bridgehead atoms. The summed E-state index contributed by atoms with van der Waals surface area (Å²) < 4.78 is 86.1. The molecule has 6 nitrogen and oxygen atoms in total. The van der Waals surface area contributed by atoms with Gasteiger partial charge in [-0.2, -0.15) is 26.3 Å². The molecular formula is C28H25F6N3O3. The Hall–Kier alpha value is -3.96. The van der Waals surface area contributed by atoms with E-state index >= 15 is 0 Å². The lowest BCUT2D eigenvalue weighted by atomic mass is 9.96. The summed E-state index contributed by atoms with van der Waals surface area (Å²) in [6.45, 7) is 4.78. The minimum atomic E-state index is -5.03. The van der Waals surface area contributed by atoms with Crippen molar-refractivity contribution in [2.24, 2.45) is 0 Å². The van der Waals surface area contributed by atoms with Crippen molar-refractivity contribution < 1.29 is 41.0 Å². The number of phenols is 1. The minimum Gasteiger partial charge on any atom is -0.507 e. The van der Waals surface area contributed by atoms with E-state index in [2.05, 4.69) is 0 Å². The van der Waals surface area contributed by atoms with Crippen LogP contribution >= 0.6 is 0 Å². The normalized spacial score (nSPS) is 19.6. The molecule has 0 radical (unpaired) electrons. The molecule has 2 atom stereocenters. The molecule has 12 heteroatoms. The van der Waals surface area contributed by atoms with Gasteiger partial charge in [-0.15, -0.1) is 0 Å². The number of alkyl halides is 6. The number of hydrogen-bond acceptors (Lipinski definition) is 5. The van der Waals surface area contributed by atoms with Crippen molar-refractivity contribution in [2.75, 3.05) is 18.0 Å². The zero-order chi connectivity index (χ0) is 29.0. The van der Waals surface area contributed by atoms with Crippen molar-refractivity contribution in [3.05, 3.63) is 76.5 Å². The lowest BCUT2D eigenvalue weighted by molar-refractivity contribution is -0.143. The van der Waals surface area contributed by atoms with Gasteiger partial charge in [-0.25, -0.2) is 9.78 Å². The number of halogens is 6. The molecule has 3 aromatic rings. The number of anilines is 1. The number of benzene rings is 2. The summed E-state index contributed by atoms with van der Waals surface area (Å²) in [6.07, 6.45) is -11.4. The van der Waals surface area contributed by atoms with E-state index in [1.807, 2.05) is 17.9 Å². The number of cyclic esters (lactones) is 1. The van der Waals surface area contributed by atoms with Crippen molar-refractivity contribution in [3.8, 4) is 16.9 Å². The molecule has 0 spiro atoms. The topological polar surface area (TPSA) is 65.9 Å². The molecular weight excluding hydrogens is 540 g/mol. The molecule has 3 heterocycles. The van der Waals surface area contributed by atoms with Crippen LogP contribution in [0.25, 0.3) is 11.1 Å². The highest BCUT2D eigenvalue weighted by atomic mass is 19.4. The highest BCUT2D eigenvalue weighted by molar-refractivity contribution is 5.77. The maximum absolute atomic E-state index is 13.5. The summed E-state index contributed by atoms with van der Waals surface area (Å²) in [6, 6.07) is 8.74. The quantitative estimate of drug-likeness (QED) is 0.335. The molecule has 5 rings (SSSR count). The zero-order valence-electron chi connectivity index (χ0n) is 21.5. The van der Waals surface area contributed by atoms with Crippen molar-refractivity contribution in [2.45, 2.75) is 51.3 Å². The van der Waals surface area contributed by atoms with E-state index in [0.717, 1.165) is 25.1 Å². The average molecular weight is 566 g/mol. The first-order chi connectivity index (χ1) is 18.7. The van der Waals surface area contributed by atoms with Crippen LogP contribution in [0.3, 0.4) is 0 Å². The van der Waals surface area contributed by atoms with Gasteiger partial charge in [0.05, 0.1) is 29.4 Å². The molecule has 2 aliphatic heterocycles. The number of amides is 1. The average Bonchev–Trinajstić information content (AvgIpc) is 3.11. The van der Waals surface area contributed by atoms with Crippen LogP contribution in [-0.4, -0.2) is 40.2 Å². The third-order valence-corrected chi connectivity index (χ3v) is 7.28. The SMILES string of the molecule is Cc1cc(N2CCC2)nc(CN2C(=O)O[C@H](c3cc(C(F)(F)F)cc(C(F)(F)F)c3)[C@@H]2C)c1-c1ccccc1O. The Labute approximate surface area is 225 Å². The highest BCUT2D eigenvalue weighted by Gasteiger charge is 2.43. The van der Waals surface area contributed by atoms with Crippen LogP contribution in [0.5, 0.6) is 5.75 Å². The number of rotatable bonds is 5. The Bertz CT molecular complexity index is 1420. The van der Waals surface area contributed by atoms with Gasteiger partial charge in [0.15, 0.2) is 0 Å². The maximum Gasteiger partial charge on any atom is 0.416 e. The molecule has 2 fully saturated rings. The Morgan fingerprint density at radius 3 is 2.17 bits per heavy atom. The van der Waals surface area contributed by atoms with E-state index in [1.54, 1.807) is 18.2 Å². The molecule has 2 saturated heterocycles. The van der Waals surface area contributed by atoms with Crippen LogP contribution in [0.4, 0.5) is 37.0 Å². The van der Waals surface area contributed by atoms with Crippen LogP contribution in [0, 0.1) is 6.92 Å². The Morgan fingerprint density at radius 2 is 1.62 bits per heavy atom. The van der Waals surface area contributed by atoms with Gasteiger partial charge < -0.3 is 14.7 Å². The van der Waals surface area contributed by atoms with Crippen LogP contribution in [0.2, 0.25) is 0 Å². The molecule has 1 N–H and O–H groups in total. The summed E-state index contributed by atoms with van der Waals surface area (Å²) in [5, 5.41) is 10.6. The minimum absolute atomic E-state index is 0.0103. The lowest BCUT2D eigenvalue weighted by Gasteiger charge is -2.33. The maximum atomic E-state index is 13.5. The van der Waals surface area contributed by atoms with E-state index in [9.17, 15) is 36.2 Å². The lowest BCUT2D eigenvalue weighted by Crippen LogP contribution is -2.38. The molecule has 0 aliphatic carbocycles. The second-order valence-electron chi connectivity index (χ2n) is 9.99. The van der Waals surface area contributed by atoms with Crippen LogP contribution in [0.15, 0.2) is 48.5 Å². The third-order valence-electron chi connectivity index (χ3n) is 7.28. The first-order valence-corrected chi connectivity index (χ1v) is 12.5. The van der Waals surface area contributed by atoms with E-state index in [-0.39, 0.29) is 18.4 Å². The number of aryl methyl sites for hydroxylation is 1. The van der Waals surface area contributed by atoms with Gasteiger partial charge in [-0.1, -0.05) is 18.2 Å². The summed E-state index contributed by atoms with van der Waals surface area (Å²) in [5.41, 5.74) is -1.15. The van der Waals surface area contributed by atoms with E-state index in [4.69, 9.17) is 9.72 Å². The van der Waals surface area contributed by atoms with E-state index in [1.165, 1.54) is 17.9 Å². The van der Waals surface area contributed by atoms with Crippen LogP contribution in [0.1, 0.15) is 47.4 Å². The molecule has 1 amide bonds. The number of phenolic OH excluding ortho intramolecular Hbond substituents is 1. The first kappa shape index (κ1) is 27.6. The van der Waals surface area contributed by atoms with E-state index < -0.39 is 47.3 Å². The first-order valence-electron chi connectivity index (χ1n) is 12.5. The number of carbonyl (C=O) groups is 1. The molecule has 1 aromatic heterocycles. The van der Waals surface area contributed by atoms with Gasteiger partial charge in [0.2, 0.25) is 0 Å². The Balaban J connectivity index is 1.54. The summed E-state index contributed by atoms with van der Waals surface area (Å²) in [7, 11) is 0. The Kier molecular flexibility index (Phi) is 6.83. The number of hydrogen-bond donors (Lipinski definition) is 1. The monoisotopic (exact) mass is 565 g/mol. The van der Waals surface area contributed by atoms with Gasteiger partial charge in [-0.05, 0) is 61.7 Å². The number of nitrogens with zero attached hydrogens (tertiary/aromatic N) is 3. The van der Waals surface area contributed by atoms with Crippen molar-refractivity contribution >= 4 is 11.9 Å². The molecule has 40 heavy (non-hydrogen) atoms. The summed E-state index contributed by atoms with van der Waals surface area (Å²) in [4.78, 5) is 21.0. The molecule has 0 saturated carbocycles. The van der Waals surface area contributed by atoms with Gasteiger partial charge >= 0.3 is 18.4 Å². The number of ether oxygens (including phenoxy) is 1. The standard InChI is InChI=1S/C28H25F6N3O3/c1-15-10-23(36-8-5-9-36)35-21(24(15)20-6-3-4-7-22(20)38)14-37-16(2)25(40-26(37)39)17-11-18(27(29,30)31)13-19(12-17)28(32,33)34/h3-4,6-7,10-13,16,25,38H,5,8-9,14H2,1-2H3/t16-,25-/m0/s1. The van der Waals surface area contributed by atoms with Gasteiger partial charge in [0.25, 0.3) is 0 Å². The van der Waals surface area contributed by atoms with Gasteiger partial charge in [0.1, 0.15) is 17.7 Å². The second-order valence-corrected chi connectivity index (χ2v) is 9.99. The summed E-state index contributed by atoms with van der Waals surface area (Å²) in [5.74, 6) is 0.659. The number of carbonyl (C=O) groups excluding carboxylic acids is 1. The van der Waals surface area contributed by atoms with Crippen molar-refractivity contribution in [3.63, 3.8) is 0 Å². The predicted octanol–water partition coefficient (Wildman–Crippen LogP) is 7.09. The fourth-order valence-electron chi connectivity index (χ4n) is 5.06. The third kappa shape index (κ3) is 5.14. The van der Waals surface area contributed by atoms with Crippen molar-refractivity contribution in [1.82, 2.24) is 9.88 Å². The van der Waals surface area contributed by atoms with Crippen molar-refractivity contribution in [1.29, 1.82) is 0 Å². The fourth-order valence-corrected chi connectivity index (χ4v) is 5.06. The highest BCUT2D eigenvalue weighted by Crippen LogP contribution is 2.42. The Morgan fingerprint density at radius 1 is 1.00 bits per heavy atom. The number of pyridine rings is 1. The number of aromatic nitrogens is 1. The fraction of sp³-hybridized carbons (Fsp3) is 0.357. The second kappa shape index (κ2) is 9.90. The zero-order valence-corrected chi connectivity index (χ0v) is 21.5. The number of para-hydroxylation sites is 1. The van der Waals surface area contributed by atoms with Crippen LogP contribution in [-0.2, 0) is 23.6 Å². The van der Waals surface area contributed by atoms with Gasteiger partial charge in [-0.3, -0.25) is 4.90 Å². The smallest absolute Gasteiger partial charge is 0.416 e. The molecule has 212 valence electrons.